The van der Waals surface area contributed by atoms with Crippen LogP contribution in [-0.4, -0.2) is 54.3 Å². The highest BCUT2D eigenvalue weighted by atomic mass is 16.5. The zero-order chi connectivity index (χ0) is 20.6. The summed E-state index contributed by atoms with van der Waals surface area (Å²) in [6.07, 6.45) is 6.46. The molecular weight excluding hydrogens is 366 g/mol. The van der Waals surface area contributed by atoms with Gasteiger partial charge in [-0.05, 0) is 49.8 Å². The Labute approximate surface area is 173 Å². The number of carbonyl (C=O) groups excluding carboxylic acids is 1. The number of rotatable bonds is 9. The number of imidazole rings is 1. The highest BCUT2D eigenvalue weighted by molar-refractivity contribution is 5.79. The molecule has 0 radical (unpaired) electrons. The second kappa shape index (κ2) is 10.4. The molecule has 158 valence electrons. The molecule has 0 bridgehead atoms. The van der Waals surface area contributed by atoms with E-state index in [1.807, 2.05) is 35.4 Å². The molecule has 0 aliphatic carbocycles. The monoisotopic (exact) mass is 399 g/mol. The summed E-state index contributed by atoms with van der Waals surface area (Å²) in [6.45, 7) is 5.49. The van der Waals surface area contributed by atoms with Gasteiger partial charge in [0.05, 0.1) is 13.5 Å². The first-order chi connectivity index (χ1) is 14.1. The van der Waals surface area contributed by atoms with Crippen LogP contribution in [0.1, 0.15) is 36.3 Å². The number of hydrogen-bond acceptors (Lipinski definition) is 4. The van der Waals surface area contributed by atoms with E-state index in [4.69, 9.17) is 9.47 Å². The zero-order valence-electron chi connectivity index (χ0n) is 17.9. The van der Waals surface area contributed by atoms with E-state index in [0.717, 1.165) is 63.2 Å². The molecule has 1 aromatic heterocycles. The molecule has 1 amide bonds. The van der Waals surface area contributed by atoms with Crippen molar-refractivity contribution in [2.24, 2.45) is 5.92 Å². The Morgan fingerprint density at radius 1 is 1.24 bits per heavy atom. The van der Waals surface area contributed by atoms with E-state index < -0.39 is 0 Å². The topological polar surface area (TPSA) is 56.6 Å². The number of aromatic nitrogens is 2. The highest BCUT2D eigenvalue weighted by Gasteiger charge is 2.24. The van der Waals surface area contributed by atoms with E-state index in [2.05, 4.69) is 16.5 Å². The number of ether oxygens (including phenoxy) is 2. The number of hydrogen-bond donors (Lipinski definition) is 0. The molecule has 3 rings (SSSR count). The van der Waals surface area contributed by atoms with E-state index in [-0.39, 0.29) is 5.91 Å². The summed E-state index contributed by atoms with van der Waals surface area (Å²) < 4.78 is 12.8. The number of benzene rings is 1. The van der Waals surface area contributed by atoms with Gasteiger partial charge in [0, 0.05) is 51.7 Å². The first-order valence-electron chi connectivity index (χ1n) is 10.5. The van der Waals surface area contributed by atoms with Crippen molar-refractivity contribution >= 4 is 5.91 Å². The molecule has 29 heavy (non-hydrogen) atoms. The molecule has 1 fully saturated rings. The normalized spacial score (nSPS) is 14.9. The Morgan fingerprint density at radius 3 is 2.76 bits per heavy atom. The van der Waals surface area contributed by atoms with Gasteiger partial charge in [0.25, 0.3) is 0 Å². The number of nitrogens with zero attached hydrogens (tertiary/aromatic N) is 3. The van der Waals surface area contributed by atoms with Gasteiger partial charge in [0.2, 0.25) is 5.91 Å². The van der Waals surface area contributed by atoms with E-state index in [1.165, 1.54) is 11.5 Å². The van der Waals surface area contributed by atoms with Crippen molar-refractivity contribution in [3.63, 3.8) is 0 Å². The molecule has 0 N–H and O–H groups in total. The maximum atomic E-state index is 12.7. The summed E-state index contributed by atoms with van der Waals surface area (Å²) in [6, 6.07) is 7.76. The molecule has 0 unspecified atom stereocenters. The first-order valence-corrected chi connectivity index (χ1v) is 10.5. The van der Waals surface area contributed by atoms with Crippen molar-refractivity contribution in [2.75, 3.05) is 33.9 Å². The van der Waals surface area contributed by atoms with Gasteiger partial charge < -0.3 is 18.9 Å². The third kappa shape index (κ3) is 5.82. The molecule has 6 nitrogen and oxygen atoms in total. The molecule has 2 heterocycles. The number of piperidine rings is 1. The van der Waals surface area contributed by atoms with E-state index in [0.29, 0.717) is 12.3 Å². The Hall–Kier alpha value is -2.34. The number of likely N-dealkylation sites (tertiary alicyclic amines) is 1. The number of carbonyl (C=O) groups is 1. The number of methoxy groups -OCH3 is 2. The van der Waals surface area contributed by atoms with Crippen molar-refractivity contribution in [1.29, 1.82) is 0 Å². The van der Waals surface area contributed by atoms with E-state index in [9.17, 15) is 4.79 Å². The summed E-state index contributed by atoms with van der Waals surface area (Å²) in [5.41, 5.74) is 2.21. The summed E-state index contributed by atoms with van der Waals surface area (Å²) >= 11 is 0. The summed E-state index contributed by atoms with van der Waals surface area (Å²) in [7, 11) is 3.39. The van der Waals surface area contributed by atoms with Gasteiger partial charge in [-0.2, -0.15) is 0 Å². The molecule has 6 heteroatoms. The fourth-order valence-electron chi connectivity index (χ4n) is 4.06. The lowest BCUT2D eigenvalue weighted by molar-refractivity contribution is -0.131. The van der Waals surface area contributed by atoms with Crippen LogP contribution in [0.5, 0.6) is 5.75 Å². The Morgan fingerprint density at radius 2 is 2.03 bits per heavy atom. The van der Waals surface area contributed by atoms with Crippen molar-refractivity contribution in [2.45, 2.75) is 45.6 Å². The number of amides is 1. The van der Waals surface area contributed by atoms with Crippen molar-refractivity contribution in [3.8, 4) is 5.75 Å². The minimum absolute atomic E-state index is 0.202. The van der Waals surface area contributed by atoms with Crippen LogP contribution in [0, 0.1) is 12.8 Å². The summed E-state index contributed by atoms with van der Waals surface area (Å²) in [4.78, 5) is 19.3. The predicted octanol–water partition coefficient (Wildman–Crippen LogP) is 3.26. The van der Waals surface area contributed by atoms with Crippen LogP contribution in [0.25, 0.3) is 0 Å². The fraction of sp³-hybridized carbons (Fsp3) is 0.565. The maximum absolute atomic E-state index is 12.7. The Balaban J connectivity index is 1.50. The van der Waals surface area contributed by atoms with Crippen LogP contribution < -0.4 is 4.74 Å². The summed E-state index contributed by atoms with van der Waals surface area (Å²) in [5, 5.41) is 0. The molecule has 0 atom stereocenters. The van der Waals surface area contributed by atoms with Crippen LogP contribution in [-0.2, 0) is 28.9 Å². The largest absolute Gasteiger partial charge is 0.497 e. The van der Waals surface area contributed by atoms with Crippen LogP contribution >= 0.6 is 0 Å². The average molecular weight is 400 g/mol. The number of aryl methyl sites for hydroxylation is 1. The lowest BCUT2D eigenvalue weighted by Gasteiger charge is -2.32. The Kier molecular flexibility index (Phi) is 7.69. The smallest absolute Gasteiger partial charge is 0.226 e. The second-order valence-corrected chi connectivity index (χ2v) is 7.87. The highest BCUT2D eigenvalue weighted by Crippen LogP contribution is 2.23. The van der Waals surface area contributed by atoms with Crippen molar-refractivity contribution in [3.05, 3.63) is 47.5 Å². The third-order valence-electron chi connectivity index (χ3n) is 5.80. The minimum atomic E-state index is 0.202. The molecule has 1 aromatic carbocycles. The zero-order valence-corrected chi connectivity index (χ0v) is 17.9. The molecule has 1 aliphatic heterocycles. The van der Waals surface area contributed by atoms with E-state index >= 15 is 0 Å². The summed E-state index contributed by atoms with van der Waals surface area (Å²) in [5.74, 6) is 2.75. The van der Waals surface area contributed by atoms with Gasteiger partial charge in [-0.3, -0.25) is 4.79 Å². The SMILES string of the molecule is COCCCn1c(C)cnc1CC1CCN(C(=O)Cc2cccc(OC)c2)CC1. The van der Waals surface area contributed by atoms with Gasteiger partial charge in [-0.1, -0.05) is 12.1 Å². The minimum Gasteiger partial charge on any atom is -0.497 e. The fourth-order valence-corrected chi connectivity index (χ4v) is 4.06. The van der Waals surface area contributed by atoms with Gasteiger partial charge in [-0.25, -0.2) is 4.98 Å². The second-order valence-electron chi connectivity index (χ2n) is 7.87. The molecule has 1 saturated heterocycles. The molecule has 0 spiro atoms. The van der Waals surface area contributed by atoms with Gasteiger partial charge in [0.15, 0.2) is 0 Å². The van der Waals surface area contributed by atoms with Crippen LogP contribution in [0.3, 0.4) is 0 Å². The quantitative estimate of drug-likeness (QED) is 0.608. The predicted molar refractivity (Wildman–Crippen MR) is 113 cm³/mol. The van der Waals surface area contributed by atoms with Gasteiger partial charge >= 0.3 is 0 Å². The van der Waals surface area contributed by atoms with Crippen molar-refractivity contribution in [1.82, 2.24) is 14.5 Å². The Bertz CT molecular complexity index is 794. The molecule has 0 saturated carbocycles. The first kappa shape index (κ1) is 21.4. The van der Waals surface area contributed by atoms with Gasteiger partial charge in [-0.15, -0.1) is 0 Å². The van der Waals surface area contributed by atoms with Gasteiger partial charge in [0.1, 0.15) is 11.6 Å². The van der Waals surface area contributed by atoms with Crippen LogP contribution in [0.2, 0.25) is 0 Å². The molecular formula is C23H33N3O3. The van der Waals surface area contributed by atoms with Crippen LogP contribution in [0.4, 0.5) is 0 Å². The molecule has 1 aliphatic rings. The molecule has 2 aromatic rings. The van der Waals surface area contributed by atoms with Crippen LogP contribution in [0.15, 0.2) is 30.5 Å². The van der Waals surface area contributed by atoms with E-state index in [1.54, 1.807) is 14.2 Å². The average Bonchev–Trinajstić information content (AvgIpc) is 3.08. The standard InChI is InChI=1S/C23H33N3O3/c1-18-17-24-22(26(18)10-5-13-28-2)15-19-8-11-25(12-9-19)23(27)16-20-6-4-7-21(14-20)29-3/h4,6-7,14,17,19H,5,8-13,15-16H2,1-3H3. The van der Waals surface area contributed by atoms with Crippen molar-refractivity contribution < 1.29 is 14.3 Å². The maximum Gasteiger partial charge on any atom is 0.226 e. The lowest BCUT2D eigenvalue weighted by Crippen LogP contribution is -2.39. The third-order valence-corrected chi connectivity index (χ3v) is 5.80. The lowest BCUT2D eigenvalue weighted by atomic mass is 9.93.